The van der Waals surface area contributed by atoms with Crippen molar-refractivity contribution in [3.05, 3.63) is 106 Å². The van der Waals surface area contributed by atoms with Crippen molar-refractivity contribution in [2.75, 3.05) is 45.8 Å². The smallest absolute Gasteiger partial charge is 0.251 e. The normalized spacial score (nSPS) is 20.1. The Bertz CT molecular complexity index is 1860. The van der Waals surface area contributed by atoms with Gasteiger partial charge < -0.3 is 20.4 Å². The first kappa shape index (κ1) is 35.1. The van der Waals surface area contributed by atoms with Gasteiger partial charge in [0.15, 0.2) is 0 Å². The van der Waals surface area contributed by atoms with Gasteiger partial charge in [0, 0.05) is 120 Å². The highest BCUT2D eigenvalue weighted by Crippen LogP contribution is 2.29. The van der Waals surface area contributed by atoms with Gasteiger partial charge in [-0.3, -0.25) is 24.6 Å². The Morgan fingerprint density at radius 1 is 0.843 bits per heavy atom. The fourth-order valence-corrected chi connectivity index (χ4v) is 7.69. The first-order chi connectivity index (χ1) is 24.9. The van der Waals surface area contributed by atoms with E-state index in [2.05, 4.69) is 48.6 Å². The monoisotopic (exact) mass is 723 g/mol. The van der Waals surface area contributed by atoms with Crippen LogP contribution in [-0.4, -0.2) is 96.5 Å². The van der Waals surface area contributed by atoms with Crippen molar-refractivity contribution in [3.63, 3.8) is 0 Å². The molecule has 1 atom stereocenters. The number of nitrogens with zero attached hydrogens (tertiary/aromatic N) is 5. The average Bonchev–Trinajstić information content (AvgIpc) is 3.17. The molecule has 2 fully saturated rings. The van der Waals surface area contributed by atoms with E-state index >= 15 is 0 Å². The number of halogens is 2. The summed E-state index contributed by atoms with van der Waals surface area (Å²) >= 11 is 12.9. The Labute approximate surface area is 309 Å². The molecule has 1 aromatic heterocycles. The minimum absolute atomic E-state index is 0.0554. The van der Waals surface area contributed by atoms with E-state index < -0.39 is 0 Å². The van der Waals surface area contributed by atoms with Crippen molar-refractivity contribution < 1.29 is 9.59 Å². The van der Waals surface area contributed by atoms with E-state index in [1.165, 1.54) is 0 Å². The van der Waals surface area contributed by atoms with Crippen LogP contribution in [0.4, 0.5) is 0 Å². The zero-order chi connectivity index (χ0) is 35.2. The van der Waals surface area contributed by atoms with Crippen molar-refractivity contribution in [1.29, 1.82) is 0 Å². The minimum atomic E-state index is -0.0849. The Hall–Kier alpha value is -4.31. The number of benzene rings is 2. The van der Waals surface area contributed by atoms with E-state index in [0.29, 0.717) is 27.1 Å². The Balaban J connectivity index is 0.827. The number of hydrogen-bond donors (Lipinski definition) is 2. The molecule has 11 heteroatoms. The molecule has 2 N–H and O–H groups in total. The molecule has 7 rings (SSSR count). The van der Waals surface area contributed by atoms with Gasteiger partial charge in [0.25, 0.3) is 11.8 Å². The third kappa shape index (κ3) is 8.78. The summed E-state index contributed by atoms with van der Waals surface area (Å²) in [5.74, 6) is 1.27. The summed E-state index contributed by atoms with van der Waals surface area (Å²) in [5.41, 5.74) is 4.73. The quantitative estimate of drug-likeness (QED) is 0.273. The molecule has 4 aliphatic rings. The van der Waals surface area contributed by atoms with E-state index in [1.807, 2.05) is 30.5 Å². The third-order valence-electron chi connectivity index (χ3n) is 10.2. The summed E-state index contributed by atoms with van der Waals surface area (Å²) in [6, 6.07) is 14.9. The highest BCUT2D eigenvalue weighted by atomic mass is 35.5. The third-order valence-corrected chi connectivity index (χ3v) is 10.8. The van der Waals surface area contributed by atoms with Crippen LogP contribution in [0.5, 0.6) is 0 Å². The number of aromatic nitrogens is 1. The van der Waals surface area contributed by atoms with E-state index in [4.69, 9.17) is 28.2 Å². The fraction of sp³-hybridized carbons (Fsp3) is 0.375. The number of rotatable bonds is 8. The maximum atomic E-state index is 13.1. The predicted octanol–water partition coefficient (Wildman–Crippen LogP) is 6.59. The number of amides is 2. The zero-order valence-electron chi connectivity index (χ0n) is 28.6. The molecule has 2 amide bonds. The van der Waals surface area contributed by atoms with E-state index in [0.717, 1.165) is 106 Å². The largest absolute Gasteiger partial charge is 0.357 e. The number of piperidine rings is 2. The van der Waals surface area contributed by atoms with Gasteiger partial charge >= 0.3 is 0 Å². The number of dihydropyridines is 2. The van der Waals surface area contributed by atoms with Crippen LogP contribution in [0.25, 0.3) is 16.7 Å². The zero-order valence-corrected chi connectivity index (χ0v) is 30.1. The van der Waals surface area contributed by atoms with Gasteiger partial charge in [-0.05, 0) is 86.2 Å². The van der Waals surface area contributed by atoms with Crippen LogP contribution < -0.4 is 10.6 Å². The number of allylic oxidation sites excluding steroid dienone is 1. The number of hydrogen-bond acceptors (Lipinski definition) is 7. The van der Waals surface area contributed by atoms with Crippen LogP contribution in [0, 0.1) is 5.92 Å². The average molecular weight is 725 g/mol. The number of carbonyl (C=O) groups is 2. The van der Waals surface area contributed by atoms with Crippen LogP contribution in [0.3, 0.4) is 0 Å². The molecule has 0 radical (unpaired) electrons. The maximum Gasteiger partial charge on any atom is 0.251 e. The van der Waals surface area contributed by atoms with Crippen LogP contribution in [0.2, 0.25) is 10.0 Å². The van der Waals surface area contributed by atoms with Crippen LogP contribution in [-0.2, 0) is 0 Å². The Morgan fingerprint density at radius 2 is 1.51 bits per heavy atom. The maximum absolute atomic E-state index is 13.1. The standard InChI is InChI=1S/C40H43Cl2N7O2/c41-36-8-6-28(21-34(36)30-3-1-15-43-24-30)39(50)46-32-11-17-48(18-12-32)26-27-5-10-38(45-23-27)49-19-13-33(14-20-49)47-40(51)29-7-9-37(42)35(22-29)31-4-2-16-44-25-31/h2-10,16,21-22,24-25,27,32-33H,1,11-15,17-20,23,26H2,(H,46,50)(H,47,51). The molecule has 0 saturated carbocycles. The highest BCUT2D eigenvalue weighted by molar-refractivity contribution is 6.34. The van der Waals surface area contributed by atoms with Crippen molar-refractivity contribution in [2.45, 2.75) is 44.2 Å². The second-order valence-electron chi connectivity index (χ2n) is 13.7. The van der Waals surface area contributed by atoms with Gasteiger partial charge in [-0.25, -0.2) is 0 Å². The van der Waals surface area contributed by atoms with Crippen LogP contribution in [0.15, 0.2) is 89.1 Å². The minimum Gasteiger partial charge on any atom is -0.357 e. The molecule has 264 valence electrons. The van der Waals surface area contributed by atoms with Crippen molar-refractivity contribution in [3.8, 4) is 11.1 Å². The topological polar surface area (TPSA) is 102 Å². The molecule has 0 bridgehead atoms. The predicted molar refractivity (Wildman–Crippen MR) is 206 cm³/mol. The first-order valence-electron chi connectivity index (χ1n) is 17.9. The second-order valence-corrected chi connectivity index (χ2v) is 14.5. The first-order valence-corrected chi connectivity index (χ1v) is 18.7. The highest BCUT2D eigenvalue weighted by Gasteiger charge is 2.26. The summed E-state index contributed by atoms with van der Waals surface area (Å²) in [5, 5.41) is 7.70. The molecule has 2 aromatic carbocycles. The summed E-state index contributed by atoms with van der Waals surface area (Å²) in [6.07, 6.45) is 16.3. The van der Waals surface area contributed by atoms with Crippen molar-refractivity contribution >= 4 is 52.6 Å². The van der Waals surface area contributed by atoms with Gasteiger partial charge in [0.05, 0.1) is 0 Å². The molecule has 0 aliphatic carbocycles. The number of aliphatic imine (C=N–C) groups is 2. The van der Waals surface area contributed by atoms with E-state index in [-0.39, 0.29) is 23.9 Å². The molecule has 3 aromatic rings. The Morgan fingerprint density at radius 3 is 2.12 bits per heavy atom. The van der Waals surface area contributed by atoms with Crippen LogP contribution in [0.1, 0.15) is 58.4 Å². The molecule has 4 aliphatic heterocycles. The van der Waals surface area contributed by atoms with Gasteiger partial charge in [-0.1, -0.05) is 41.4 Å². The molecule has 2 saturated heterocycles. The number of likely N-dealkylation sites (tertiary alicyclic amines) is 2. The lowest BCUT2D eigenvalue weighted by Crippen LogP contribution is -2.47. The lowest BCUT2D eigenvalue weighted by Gasteiger charge is -2.36. The summed E-state index contributed by atoms with van der Waals surface area (Å²) in [7, 11) is 0. The number of nitrogens with one attached hydrogen (secondary N) is 2. The van der Waals surface area contributed by atoms with Crippen LogP contribution >= 0.6 is 23.2 Å². The van der Waals surface area contributed by atoms with Crippen molar-refractivity contribution in [1.82, 2.24) is 25.4 Å². The molecule has 1 unspecified atom stereocenters. The number of amidine groups is 1. The molecular weight excluding hydrogens is 681 g/mol. The van der Waals surface area contributed by atoms with Gasteiger partial charge in [-0.15, -0.1) is 0 Å². The lowest BCUT2D eigenvalue weighted by atomic mass is 9.99. The summed E-state index contributed by atoms with van der Waals surface area (Å²) in [4.78, 5) is 44.6. The van der Waals surface area contributed by atoms with Gasteiger partial charge in [-0.2, -0.15) is 0 Å². The summed E-state index contributed by atoms with van der Waals surface area (Å²) < 4.78 is 0. The SMILES string of the molecule is O=C(NC1CCN(CC2C=CC(N3CCC(NC(=O)c4ccc(Cl)c(-c5cccnc5)c4)CC3)=NC2)CC1)c1ccc(Cl)c(C2=CCCN=C2)c1. The molecular formula is C40H43Cl2N7O2. The lowest BCUT2D eigenvalue weighted by molar-refractivity contribution is 0.0905. The number of carbonyl (C=O) groups excluding carboxylic acids is 2. The van der Waals surface area contributed by atoms with Gasteiger partial charge in [0.1, 0.15) is 5.84 Å². The molecule has 0 spiro atoms. The molecule has 9 nitrogen and oxygen atoms in total. The van der Waals surface area contributed by atoms with Crippen molar-refractivity contribution in [2.24, 2.45) is 15.9 Å². The molecule has 5 heterocycles. The fourth-order valence-electron chi connectivity index (χ4n) is 7.24. The number of pyridine rings is 1. The molecule has 51 heavy (non-hydrogen) atoms. The van der Waals surface area contributed by atoms with E-state index in [1.54, 1.807) is 36.7 Å². The van der Waals surface area contributed by atoms with Gasteiger partial charge in [0.2, 0.25) is 0 Å². The van der Waals surface area contributed by atoms with E-state index in [9.17, 15) is 9.59 Å². The summed E-state index contributed by atoms with van der Waals surface area (Å²) in [6.45, 7) is 6.12. The second kappa shape index (κ2) is 16.4. The Kier molecular flexibility index (Phi) is 11.3.